The maximum absolute atomic E-state index is 13.1. The number of nitrogens with one attached hydrogen (secondary N) is 1. The molecule has 0 aliphatic rings. The van der Waals surface area contributed by atoms with Crippen LogP contribution in [0.2, 0.25) is 0 Å². The highest BCUT2D eigenvalue weighted by molar-refractivity contribution is 7.14. The summed E-state index contributed by atoms with van der Waals surface area (Å²) >= 11 is 3.55. The van der Waals surface area contributed by atoms with Crippen molar-refractivity contribution in [3.8, 4) is 10.4 Å². The van der Waals surface area contributed by atoms with Gasteiger partial charge in [-0.1, -0.05) is 18.2 Å². The Kier molecular flexibility index (Phi) is 4.80. The fraction of sp³-hybridized carbons (Fsp3) is 0.176. The molecule has 3 aromatic rings. The molecule has 2 heterocycles. The maximum Gasteiger partial charge on any atom is 0.123 e. The summed E-state index contributed by atoms with van der Waals surface area (Å²) < 4.78 is 13.1. The largest absolute Gasteiger partial charge is 0.312 e. The summed E-state index contributed by atoms with van der Waals surface area (Å²) in [4.78, 5) is 2.65. The van der Waals surface area contributed by atoms with Crippen LogP contribution in [0.3, 0.4) is 0 Å². The molecule has 1 N–H and O–H groups in total. The van der Waals surface area contributed by atoms with Gasteiger partial charge in [-0.15, -0.1) is 22.7 Å². The molecule has 3 rings (SSSR count). The zero-order valence-corrected chi connectivity index (χ0v) is 13.1. The van der Waals surface area contributed by atoms with E-state index in [1.165, 1.54) is 21.4 Å². The Labute approximate surface area is 132 Å². The van der Waals surface area contributed by atoms with Gasteiger partial charge in [-0.25, -0.2) is 4.39 Å². The first-order chi connectivity index (χ1) is 10.3. The van der Waals surface area contributed by atoms with E-state index in [4.69, 9.17) is 0 Å². The van der Waals surface area contributed by atoms with Crippen LogP contribution in [0.25, 0.3) is 10.4 Å². The Morgan fingerprint density at radius 1 is 1.05 bits per heavy atom. The van der Waals surface area contributed by atoms with Crippen molar-refractivity contribution in [2.75, 3.05) is 6.54 Å². The van der Waals surface area contributed by atoms with E-state index < -0.39 is 0 Å². The summed E-state index contributed by atoms with van der Waals surface area (Å²) in [6.45, 7) is 1.72. The van der Waals surface area contributed by atoms with E-state index >= 15 is 0 Å². The van der Waals surface area contributed by atoms with E-state index in [0.29, 0.717) is 0 Å². The molecule has 21 heavy (non-hydrogen) atoms. The second-order valence-corrected chi connectivity index (χ2v) is 6.78. The fourth-order valence-electron chi connectivity index (χ4n) is 2.18. The molecule has 0 saturated heterocycles. The zero-order valence-electron chi connectivity index (χ0n) is 11.5. The number of thiophene rings is 2. The first-order valence-electron chi connectivity index (χ1n) is 6.88. The average Bonchev–Trinajstić information content (AvgIpc) is 3.14. The predicted molar refractivity (Wildman–Crippen MR) is 89.4 cm³/mol. The molecular formula is C17H16FNS2. The lowest BCUT2D eigenvalue weighted by Gasteiger charge is -2.03. The molecule has 0 unspecified atom stereocenters. The summed E-state index contributed by atoms with van der Waals surface area (Å²) in [6, 6.07) is 13.3. The van der Waals surface area contributed by atoms with Crippen LogP contribution in [0.1, 0.15) is 10.4 Å². The van der Waals surface area contributed by atoms with Gasteiger partial charge in [-0.2, -0.15) is 0 Å². The van der Waals surface area contributed by atoms with Crippen LogP contribution in [0, 0.1) is 5.82 Å². The lowest BCUT2D eigenvalue weighted by atomic mass is 10.1. The number of hydrogen-bond donors (Lipinski definition) is 1. The Hall–Kier alpha value is -1.49. The van der Waals surface area contributed by atoms with Crippen molar-refractivity contribution in [1.82, 2.24) is 5.32 Å². The second kappa shape index (κ2) is 6.98. The highest BCUT2D eigenvalue weighted by atomic mass is 32.1. The first kappa shape index (κ1) is 14.4. The standard InChI is InChI=1S/C17H16FNS2/c18-15-4-1-3-13(9-15)6-7-19-11-16-10-14(12-21-16)17-5-2-8-20-17/h1-5,8-10,12,19H,6-7,11H2. The molecule has 0 amide bonds. The van der Waals surface area contributed by atoms with Crippen LogP contribution in [0.15, 0.2) is 53.2 Å². The summed E-state index contributed by atoms with van der Waals surface area (Å²) in [5.41, 5.74) is 2.34. The number of benzene rings is 1. The summed E-state index contributed by atoms with van der Waals surface area (Å²) in [5.74, 6) is -0.161. The summed E-state index contributed by atoms with van der Waals surface area (Å²) in [7, 11) is 0. The lowest BCUT2D eigenvalue weighted by molar-refractivity contribution is 0.623. The third-order valence-corrected chi connectivity index (χ3v) is 5.09. The third kappa shape index (κ3) is 4.00. The van der Waals surface area contributed by atoms with Gasteiger partial charge < -0.3 is 5.32 Å². The molecule has 0 bridgehead atoms. The van der Waals surface area contributed by atoms with Gasteiger partial charge >= 0.3 is 0 Å². The molecule has 0 atom stereocenters. The minimum atomic E-state index is -0.161. The van der Waals surface area contributed by atoms with E-state index in [2.05, 4.69) is 34.3 Å². The molecule has 0 radical (unpaired) electrons. The summed E-state index contributed by atoms with van der Waals surface area (Å²) in [5, 5.41) is 7.72. The van der Waals surface area contributed by atoms with E-state index in [-0.39, 0.29) is 5.82 Å². The van der Waals surface area contributed by atoms with Crippen molar-refractivity contribution in [3.05, 3.63) is 69.5 Å². The Morgan fingerprint density at radius 3 is 2.81 bits per heavy atom. The second-order valence-electron chi connectivity index (χ2n) is 4.84. The molecule has 0 fully saturated rings. The number of hydrogen-bond acceptors (Lipinski definition) is 3. The van der Waals surface area contributed by atoms with Crippen molar-refractivity contribution in [2.45, 2.75) is 13.0 Å². The SMILES string of the molecule is Fc1cccc(CCNCc2cc(-c3cccs3)cs2)c1. The molecule has 4 heteroatoms. The number of halogens is 1. The van der Waals surface area contributed by atoms with Gasteiger partial charge in [0.05, 0.1) is 0 Å². The first-order valence-corrected chi connectivity index (χ1v) is 8.63. The summed E-state index contributed by atoms with van der Waals surface area (Å²) in [6.07, 6.45) is 0.848. The van der Waals surface area contributed by atoms with E-state index in [1.807, 2.05) is 6.07 Å². The minimum Gasteiger partial charge on any atom is -0.312 e. The Morgan fingerprint density at radius 2 is 2.00 bits per heavy atom. The van der Waals surface area contributed by atoms with E-state index in [9.17, 15) is 4.39 Å². The molecule has 1 nitrogen and oxygen atoms in total. The van der Waals surface area contributed by atoms with Gasteiger partial charge in [0.15, 0.2) is 0 Å². The van der Waals surface area contributed by atoms with Crippen LogP contribution in [0.4, 0.5) is 4.39 Å². The monoisotopic (exact) mass is 317 g/mol. The van der Waals surface area contributed by atoms with Crippen molar-refractivity contribution < 1.29 is 4.39 Å². The minimum absolute atomic E-state index is 0.161. The molecule has 1 aromatic carbocycles. The van der Waals surface area contributed by atoms with Crippen molar-refractivity contribution >= 4 is 22.7 Å². The van der Waals surface area contributed by atoms with Crippen LogP contribution in [0.5, 0.6) is 0 Å². The highest BCUT2D eigenvalue weighted by Gasteiger charge is 2.03. The van der Waals surface area contributed by atoms with Crippen LogP contribution < -0.4 is 5.32 Å². The highest BCUT2D eigenvalue weighted by Crippen LogP contribution is 2.29. The van der Waals surface area contributed by atoms with E-state index in [0.717, 1.165) is 25.1 Å². The van der Waals surface area contributed by atoms with Gasteiger partial charge in [-0.05, 0) is 53.6 Å². The van der Waals surface area contributed by atoms with Crippen LogP contribution in [-0.4, -0.2) is 6.54 Å². The molecule has 0 aliphatic carbocycles. The van der Waals surface area contributed by atoms with Crippen molar-refractivity contribution in [3.63, 3.8) is 0 Å². The lowest BCUT2D eigenvalue weighted by Crippen LogP contribution is -2.15. The van der Waals surface area contributed by atoms with Gasteiger partial charge in [-0.3, -0.25) is 0 Å². The molecular weight excluding hydrogens is 301 g/mol. The van der Waals surface area contributed by atoms with Crippen molar-refractivity contribution in [2.24, 2.45) is 0 Å². The van der Waals surface area contributed by atoms with Gasteiger partial charge in [0.25, 0.3) is 0 Å². The van der Waals surface area contributed by atoms with Gasteiger partial charge in [0.2, 0.25) is 0 Å². The molecule has 2 aromatic heterocycles. The topological polar surface area (TPSA) is 12.0 Å². The van der Waals surface area contributed by atoms with Crippen LogP contribution in [-0.2, 0) is 13.0 Å². The maximum atomic E-state index is 13.1. The number of rotatable bonds is 6. The zero-order chi connectivity index (χ0) is 14.5. The van der Waals surface area contributed by atoms with Gasteiger partial charge in [0.1, 0.15) is 5.82 Å². The van der Waals surface area contributed by atoms with Crippen molar-refractivity contribution in [1.29, 1.82) is 0 Å². The molecule has 108 valence electrons. The molecule has 0 aliphatic heterocycles. The smallest absolute Gasteiger partial charge is 0.123 e. The molecule has 0 spiro atoms. The van der Waals surface area contributed by atoms with Gasteiger partial charge in [0, 0.05) is 21.9 Å². The predicted octanol–water partition coefficient (Wildman–Crippen LogP) is 4.95. The quantitative estimate of drug-likeness (QED) is 0.634. The fourth-order valence-corrected chi connectivity index (χ4v) is 3.83. The third-order valence-electron chi connectivity index (χ3n) is 3.24. The van der Waals surface area contributed by atoms with E-state index in [1.54, 1.807) is 34.8 Å². The van der Waals surface area contributed by atoms with Crippen LogP contribution >= 0.6 is 22.7 Å². The normalized spacial score (nSPS) is 10.9. The molecule has 0 saturated carbocycles. The Balaban J connectivity index is 1.48. The average molecular weight is 317 g/mol. The Bertz CT molecular complexity index is 688.